The van der Waals surface area contributed by atoms with Crippen LogP contribution in [0.4, 0.5) is 5.69 Å². The average Bonchev–Trinajstić information content (AvgIpc) is 2.44. The number of para-hydroxylation sites is 2. The molecule has 1 unspecified atom stereocenters. The standard InChI is InChI=1S/C14H20N2O2S/c1-14(2,19-3)9-16-13(17)12-8-15-10-6-4-5-7-11(10)18-12/h4-7,12,15H,8-9H2,1-3H3,(H,16,17). The highest BCUT2D eigenvalue weighted by Crippen LogP contribution is 2.28. The Balaban J connectivity index is 1.92. The van der Waals surface area contributed by atoms with Gasteiger partial charge in [-0.15, -0.1) is 0 Å². The topological polar surface area (TPSA) is 50.4 Å². The maximum absolute atomic E-state index is 12.1. The molecule has 0 radical (unpaired) electrons. The third-order valence-electron chi connectivity index (χ3n) is 3.17. The highest BCUT2D eigenvalue weighted by molar-refractivity contribution is 7.99. The van der Waals surface area contributed by atoms with E-state index < -0.39 is 6.10 Å². The van der Waals surface area contributed by atoms with Crippen LogP contribution in [0.15, 0.2) is 24.3 Å². The van der Waals surface area contributed by atoms with Crippen molar-refractivity contribution in [3.05, 3.63) is 24.3 Å². The Morgan fingerprint density at radius 2 is 2.26 bits per heavy atom. The molecule has 0 fully saturated rings. The quantitative estimate of drug-likeness (QED) is 0.887. The van der Waals surface area contributed by atoms with Gasteiger partial charge in [-0.2, -0.15) is 11.8 Å². The number of benzene rings is 1. The van der Waals surface area contributed by atoms with E-state index in [0.29, 0.717) is 13.1 Å². The van der Waals surface area contributed by atoms with Gasteiger partial charge in [0, 0.05) is 11.3 Å². The summed E-state index contributed by atoms with van der Waals surface area (Å²) in [5, 5.41) is 6.16. The second kappa shape index (κ2) is 5.74. The number of carbonyl (C=O) groups is 1. The molecule has 4 nitrogen and oxygen atoms in total. The lowest BCUT2D eigenvalue weighted by Crippen LogP contribution is -2.47. The van der Waals surface area contributed by atoms with E-state index in [0.717, 1.165) is 11.4 Å². The van der Waals surface area contributed by atoms with Crippen LogP contribution in [0.25, 0.3) is 0 Å². The summed E-state index contributed by atoms with van der Waals surface area (Å²) in [6.07, 6.45) is 1.58. The molecule has 1 aromatic carbocycles. The Bertz CT molecular complexity index is 463. The third kappa shape index (κ3) is 3.56. The summed E-state index contributed by atoms with van der Waals surface area (Å²) < 4.78 is 5.75. The van der Waals surface area contributed by atoms with Crippen molar-refractivity contribution >= 4 is 23.4 Å². The molecule has 1 atom stereocenters. The van der Waals surface area contributed by atoms with Crippen molar-refractivity contribution in [3.63, 3.8) is 0 Å². The molecule has 0 saturated heterocycles. The lowest BCUT2D eigenvalue weighted by molar-refractivity contribution is -0.127. The SMILES string of the molecule is CSC(C)(C)CNC(=O)C1CNc2ccccc2O1. The molecule has 0 bridgehead atoms. The minimum atomic E-state index is -0.465. The predicted molar refractivity (Wildman–Crippen MR) is 80.0 cm³/mol. The fourth-order valence-corrected chi connectivity index (χ4v) is 1.96. The van der Waals surface area contributed by atoms with Crippen molar-refractivity contribution in [1.82, 2.24) is 5.32 Å². The second-order valence-corrected chi connectivity index (χ2v) is 6.68. The number of carbonyl (C=O) groups excluding carboxylic acids is 1. The van der Waals surface area contributed by atoms with Crippen LogP contribution in [0.1, 0.15) is 13.8 Å². The molecule has 1 heterocycles. The fraction of sp³-hybridized carbons (Fsp3) is 0.500. The molecule has 1 aromatic rings. The van der Waals surface area contributed by atoms with Crippen molar-refractivity contribution < 1.29 is 9.53 Å². The molecule has 1 amide bonds. The number of hydrogen-bond acceptors (Lipinski definition) is 4. The van der Waals surface area contributed by atoms with Gasteiger partial charge in [0.05, 0.1) is 12.2 Å². The first kappa shape index (κ1) is 14.1. The van der Waals surface area contributed by atoms with Crippen molar-refractivity contribution in [2.24, 2.45) is 0 Å². The molecule has 1 aliphatic rings. The Morgan fingerprint density at radius 3 is 3.00 bits per heavy atom. The van der Waals surface area contributed by atoms with Crippen LogP contribution in [-0.2, 0) is 4.79 Å². The molecule has 0 aromatic heterocycles. The van der Waals surface area contributed by atoms with Crippen LogP contribution in [0.5, 0.6) is 5.75 Å². The van der Waals surface area contributed by atoms with Crippen molar-refractivity contribution in [1.29, 1.82) is 0 Å². The molecular weight excluding hydrogens is 260 g/mol. The van der Waals surface area contributed by atoms with Gasteiger partial charge in [0.25, 0.3) is 5.91 Å². The Labute approximate surface area is 118 Å². The number of fused-ring (bicyclic) bond motifs is 1. The molecule has 2 rings (SSSR count). The van der Waals surface area contributed by atoms with Crippen molar-refractivity contribution in [2.45, 2.75) is 24.7 Å². The first-order chi connectivity index (χ1) is 9.02. The lowest BCUT2D eigenvalue weighted by atomic mass is 10.2. The van der Waals surface area contributed by atoms with Gasteiger partial charge in [-0.3, -0.25) is 4.79 Å². The Hall–Kier alpha value is -1.36. The highest BCUT2D eigenvalue weighted by Gasteiger charge is 2.27. The minimum absolute atomic E-state index is 0.0374. The van der Waals surface area contributed by atoms with Crippen LogP contribution in [0.3, 0.4) is 0 Å². The Kier molecular flexibility index (Phi) is 4.24. The van der Waals surface area contributed by atoms with Gasteiger partial charge in [-0.1, -0.05) is 12.1 Å². The van der Waals surface area contributed by atoms with Crippen molar-refractivity contribution in [3.8, 4) is 5.75 Å². The van der Waals surface area contributed by atoms with Crippen LogP contribution in [0.2, 0.25) is 0 Å². The summed E-state index contributed by atoms with van der Waals surface area (Å²) in [4.78, 5) is 12.1. The van der Waals surface area contributed by atoms with E-state index in [-0.39, 0.29) is 10.7 Å². The zero-order valence-corrected chi connectivity index (χ0v) is 12.3. The number of nitrogens with one attached hydrogen (secondary N) is 2. The van der Waals surface area contributed by atoms with E-state index in [1.807, 2.05) is 30.5 Å². The maximum atomic E-state index is 12.1. The van der Waals surface area contributed by atoms with Gasteiger partial charge in [0.2, 0.25) is 0 Å². The van der Waals surface area contributed by atoms with Gasteiger partial charge in [-0.25, -0.2) is 0 Å². The molecule has 0 aliphatic carbocycles. The summed E-state index contributed by atoms with van der Waals surface area (Å²) in [5.41, 5.74) is 0.941. The van der Waals surface area contributed by atoms with Gasteiger partial charge in [0.15, 0.2) is 6.10 Å². The predicted octanol–water partition coefficient (Wildman–Crippen LogP) is 2.12. The highest BCUT2D eigenvalue weighted by atomic mass is 32.2. The van der Waals surface area contributed by atoms with E-state index >= 15 is 0 Å². The third-order valence-corrected chi connectivity index (χ3v) is 4.42. The van der Waals surface area contributed by atoms with E-state index in [2.05, 4.69) is 24.5 Å². The summed E-state index contributed by atoms with van der Waals surface area (Å²) in [7, 11) is 0. The summed E-state index contributed by atoms with van der Waals surface area (Å²) in [6.45, 7) is 5.34. The number of ether oxygens (including phenoxy) is 1. The summed E-state index contributed by atoms with van der Waals surface area (Å²) in [6, 6.07) is 7.65. The maximum Gasteiger partial charge on any atom is 0.262 e. The molecule has 104 valence electrons. The molecule has 0 saturated carbocycles. The number of hydrogen-bond donors (Lipinski definition) is 2. The lowest BCUT2D eigenvalue weighted by Gasteiger charge is -2.28. The first-order valence-electron chi connectivity index (χ1n) is 6.34. The number of amides is 1. The van der Waals surface area contributed by atoms with Crippen molar-refractivity contribution in [2.75, 3.05) is 24.7 Å². The largest absolute Gasteiger partial charge is 0.477 e. The number of rotatable bonds is 4. The van der Waals surface area contributed by atoms with E-state index in [1.54, 1.807) is 11.8 Å². The molecule has 19 heavy (non-hydrogen) atoms. The average molecular weight is 280 g/mol. The Morgan fingerprint density at radius 1 is 1.53 bits per heavy atom. The van der Waals surface area contributed by atoms with E-state index in [9.17, 15) is 4.79 Å². The zero-order valence-electron chi connectivity index (χ0n) is 11.5. The molecular formula is C14H20N2O2S. The van der Waals surface area contributed by atoms with E-state index in [1.165, 1.54) is 0 Å². The van der Waals surface area contributed by atoms with Gasteiger partial charge in [-0.05, 0) is 32.2 Å². The number of anilines is 1. The minimum Gasteiger partial charge on any atom is -0.477 e. The van der Waals surface area contributed by atoms with Gasteiger partial charge in [0.1, 0.15) is 5.75 Å². The molecule has 2 N–H and O–H groups in total. The van der Waals surface area contributed by atoms with Crippen LogP contribution in [-0.4, -0.2) is 36.1 Å². The van der Waals surface area contributed by atoms with Crippen LogP contribution < -0.4 is 15.4 Å². The van der Waals surface area contributed by atoms with Gasteiger partial charge < -0.3 is 15.4 Å². The summed E-state index contributed by atoms with van der Waals surface area (Å²) in [5.74, 6) is 0.669. The number of thioether (sulfide) groups is 1. The smallest absolute Gasteiger partial charge is 0.262 e. The molecule has 5 heteroatoms. The second-order valence-electron chi connectivity index (χ2n) is 5.17. The normalized spacial score (nSPS) is 17.9. The fourth-order valence-electron chi connectivity index (χ4n) is 1.75. The van der Waals surface area contributed by atoms with E-state index in [4.69, 9.17) is 4.74 Å². The monoisotopic (exact) mass is 280 g/mol. The van der Waals surface area contributed by atoms with Crippen LogP contribution in [0, 0.1) is 0 Å². The molecule has 1 aliphatic heterocycles. The summed E-state index contributed by atoms with van der Waals surface area (Å²) >= 11 is 1.73. The first-order valence-corrected chi connectivity index (χ1v) is 7.57. The van der Waals surface area contributed by atoms with Gasteiger partial charge >= 0.3 is 0 Å². The zero-order chi connectivity index (χ0) is 13.9. The molecule has 0 spiro atoms. The van der Waals surface area contributed by atoms with Crippen LogP contribution >= 0.6 is 11.8 Å².